The second-order valence-corrected chi connectivity index (χ2v) is 23.4. The van der Waals surface area contributed by atoms with Crippen LogP contribution < -0.4 is 87.7 Å². The Morgan fingerprint density at radius 1 is 0.225 bits per heavy atom. The molecular weight excluding hydrogens is 1090 g/mol. The molecular formula is C78H49B3N4O4. The van der Waals surface area contributed by atoms with Gasteiger partial charge in [0.05, 0.1) is 11.4 Å². The zero-order valence-corrected chi connectivity index (χ0v) is 47.9. The third kappa shape index (κ3) is 7.52. The van der Waals surface area contributed by atoms with Crippen LogP contribution in [0.3, 0.4) is 0 Å². The second-order valence-electron chi connectivity index (χ2n) is 23.4. The Kier molecular flexibility index (Phi) is 10.9. The molecule has 0 saturated heterocycles. The van der Waals surface area contributed by atoms with Crippen LogP contribution in [0.1, 0.15) is 0 Å². The lowest BCUT2D eigenvalue weighted by atomic mass is 9.29. The maximum absolute atomic E-state index is 7.58. The van der Waals surface area contributed by atoms with Gasteiger partial charge in [0, 0.05) is 86.6 Å². The molecule has 414 valence electrons. The Morgan fingerprint density at radius 3 is 1.11 bits per heavy atom. The number of rotatable bonds is 8. The summed E-state index contributed by atoms with van der Waals surface area (Å²) in [5.74, 6) is 6.20. The molecule has 0 saturated carbocycles. The average molecular weight is 1140 g/mol. The number of hydrogen-bond donors (Lipinski definition) is 0. The van der Waals surface area contributed by atoms with Crippen molar-refractivity contribution in [3.05, 3.63) is 297 Å². The number of hydrogen-bond acceptors (Lipinski definition) is 8. The minimum absolute atomic E-state index is 0.196. The zero-order chi connectivity index (χ0) is 58.3. The maximum Gasteiger partial charge on any atom is 0.261 e. The first-order chi connectivity index (χ1) is 44.2. The molecule has 13 aromatic rings. The molecule has 0 spiro atoms. The second kappa shape index (κ2) is 19.5. The lowest BCUT2D eigenvalue weighted by Crippen LogP contribution is -2.65. The van der Waals surface area contributed by atoms with Crippen LogP contribution in [0.5, 0.6) is 46.0 Å². The molecule has 0 unspecified atom stereocenters. The molecule has 6 heterocycles. The molecule has 0 N–H and O–H groups in total. The summed E-state index contributed by atoms with van der Waals surface area (Å²) in [6.45, 7) is -0.754. The standard InChI is InChI=1S/C78H49B3N4O4/c1-7-25-50(26-8-1)82(51-27-9-2-10-28-51)56-43-64-74-71(45-56)87-69-49-70-62(47-61(69)79(74)58-37-19-22-40-63(58)84(64)54-33-15-5-16-34-54)80-59-38-20-24-42-68(59)89-78-76-66(48-73(88-70)77(78)80)85(55-35-17-6-18-36-55)65-44-57(46-72-75(65)81(76)60-39-21-23-41-67(60)86-72)83(52-29-11-3-12-30-52)53-31-13-4-14-32-53/h1-49H. The molecule has 0 amide bonds. The van der Waals surface area contributed by atoms with E-state index in [1.807, 2.05) is 0 Å². The van der Waals surface area contributed by atoms with Crippen molar-refractivity contribution in [1.82, 2.24) is 0 Å². The van der Waals surface area contributed by atoms with Crippen LogP contribution >= 0.6 is 0 Å². The van der Waals surface area contributed by atoms with E-state index in [0.29, 0.717) is 0 Å². The van der Waals surface area contributed by atoms with Crippen LogP contribution in [0.25, 0.3) is 0 Å². The van der Waals surface area contributed by atoms with Crippen molar-refractivity contribution in [3.63, 3.8) is 0 Å². The first-order valence-corrected chi connectivity index (χ1v) is 30.4. The van der Waals surface area contributed by atoms with E-state index in [1.54, 1.807) is 0 Å². The van der Waals surface area contributed by atoms with Crippen molar-refractivity contribution < 1.29 is 18.9 Å². The molecule has 8 nitrogen and oxygen atoms in total. The summed E-state index contributed by atoms with van der Waals surface area (Å²) in [6, 6.07) is 106. The topological polar surface area (TPSA) is 49.9 Å². The summed E-state index contributed by atoms with van der Waals surface area (Å²) in [7, 11) is 0. The summed E-state index contributed by atoms with van der Waals surface area (Å²) < 4.78 is 29.8. The van der Waals surface area contributed by atoms with Crippen molar-refractivity contribution in [2.75, 3.05) is 19.6 Å². The largest absolute Gasteiger partial charge is 0.459 e. The molecule has 11 heteroatoms. The van der Waals surface area contributed by atoms with E-state index in [9.17, 15) is 0 Å². The lowest BCUT2D eigenvalue weighted by molar-refractivity contribution is 0.457. The van der Waals surface area contributed by atoms with Gasteiger partial charge in [-0.3, -0.25) is 0 Å². The van der Waals surface area contributed by atoms with E-state index in [4.69, 9.17) is 18.9 Å². The van der Waals surface area contributed by atoms with Crippen molar-refractivity contribution in [1.29, 1.82) is 0 Å². The fraction of sp³-hybridized carbons (Fsp3) is 0. The summed E-state index contributed by atoms with van der Waals surface area (Å²) in [5.41, 5.74) is 21.9. The summed E-state index contributed by atoms with van der Waals surface area (Å²) in [6.07, 6.45) is 0. The van der Waals surface area contributed by atoms with Gasteiger partial charge in [0.15, 0.2) is 0 Å². The molecule has 0 aliphatic carbocycles. The highest BCUT2D eigenvalue weighted by Crippen LogP contribution is 2.51. The Labute approximate surface area is 516 Å². The Hall–Kier alpha value is -11.5. The molecule has 0 atom stereocenters. The average Bonchev–Trinajstić information content (AvgIpc) is 1.34. The fourth-order valence-electron chi connectivity index (χ4n) is 15.0. The number of fused-ring (bicyclic) bond motifs is 13. The molecule has 0 bridgehead atoms. The predicted octanol–water partition coefficient (Wildman–Crippen LogP) is 14.2. The van der Waals surface area contributed by atoms with E-state index in [0.717, 1.165) is 158 Å². The van der Waals surface area contributed by atoms with Crippen LogP contribution in [-0.4, -0.2) is 20.1 Å². The third-order valence-corrected chi connectivity index (χ3v) is 18.6. The molecule has 0 aromatic heterocycles. The third-order valence-electron chi connectivity index (χ3n) is 18.6. The number of ether oxygens (including phenoxy) is 4. The minimum atomic E-state index is -0.286. The highest BCUT2D eigenvalue weighted by atomic mass is 16.5. The van der Waals surface area contributed by atoms with Gasteiger partial charge >= 0.3 is 0 Å². The lowest BCUT2D eigenvalue weighted by Gasteiger charge is -2.44. The monoisotopic (exact) mass is 1140 g/mol. The molecule has 6 aliphatic heterocycles. The van der Waals surface area contributed by atoms with Gasteiger partial charge in [0.1, 0.15) is 46.0 Å². The van der Waals surface area contributed by atoms with Gasteiger partial charge < -0.3 is 38.5 Å². The van der Waals surface area contributed by atoms with Crippen molar-refractivity contribution >= 4 is 138 Å². The molecule has 19 rings (SSSR count). The van der Waals surface area contributed by atoms with E-state index in [1.165, 1.54) is 5.46 Å². The molecule has 6 aliphatic rings. The van der Waals surface area contributed by atoms with E-state index < -0.39 is 0 Å². The number of benzene rings is 13. The van der Waals surface area contributed by atoms with Gasteiger partial charge in [-0.05, 0) is 147 Å². The molecule has 0 fully saturated rings. The van der Waals surface area contributed by atoms with Crippen LogP contribution in [0, 0.1) is 0 Å². The zero-order valence-electron chi connectivity index (χ0n) is 47.9. The van der Waals surface area contributed by atoms with Crippen LogP contribution in [0.15, 0.2) is 297 Å². The highest BCUT2D eigenvalue weighted by molar-refractivity contribution is 7.03. The van der Waals surface area contributed by atoms with Crippen molar-refractivity contribution in [3.8, 4) is 46.0 Å². The first kappa shape index (κ1) is 49.7. The number of nitrogens with zero attached hydrogens (tertiary/aromatic N) is 4. The molecule has 13 aromatic carbocycles. The van der Waals surface area contributed by atoms with E-state index >= 15 is 0 Å². The Bertz CT molecular complexity index is 4950. The number of anilines is 12. The van der Waals surface area contributed by atoms with Gasteiger partial charge in [-0.2, -0.15) is 0 Å². The maximum atomic E-state index is 7.58. The van der Waals surface area contributed by atoms with Crippen LogP contribution in [-0.2, 0) is 0 Å². The molecule has 89 heavy (non-hydrogen) atoms. The van der Waals surface area contributed by atoms with E-state index in [2.05, 4.69) is 317 Å². The summed E-state index contributed by atoms with van der Waals surface area (Å²) >= 11 is 0. The minimum Gasteiger partial charge on any atom is -0.459 e. The van der Waals surface area contributed by atoms with Gasteiger partial charge in [-0.15, -0.1) is 0 Å². The van der Waals surface area contributed by atoms with Gasteiger partial charge in [-0.25, -0.2) is 0 Å². The summed E-state index contributed by atoms with van der Waals surface area (Å²) in [5, 5.41) is 0. The van der Waals surface area contributed by atoms with Crippen molar-refractivity contribution in [2.45, 2.75) is 0 Å². The Morgan fingerprint density at radius 2 is 0.596 bits per heavy atom. The van der Waals surface area contributed by atoms with E-state index in [-0.39, 0.29) is 20.1 Å². The smallest absolute Gasteiger partial charge is 0.261 e. The predicted molar refractivity (Wildman–Crippen MR) is 365 cm³/mol. The van der Waals surface area contributed by atoms with Crippen LogP contribution in [0.2, 0.25) is 0 Å². The normalized spacial score (nSPS) is 13.4. The summed E-state index contributed by atoms with van der Waals surface area (Å²) in [4.78, 5) is 9.44. The fourth-order valence-corrected chi connectivity index (χ4v) is 15.0. The first-order valence-electron chi connectivity index (χ1n) is 30.4. The van der Waals surface area contributed by atoms with Gasteiger partial charge in [0.2, 0.25) is 0 Å². The molecule has 0 radical (unpaired) electrons. The SMILES string of the molecule is c1ccc(N(c2ccccc2)c2cc3c4c(c2)N(c2ccccc2)c2ccccc2B4c2cc4c(cc2O3)Oc2cc3c(c5c2B4c2ccccc2O5)B2c4ccccc4Oc4cc(N(c5ccccc5)c5ccccc5)cc(c42)N3c2ccccc2)cc1. The van der Waals surface area contributed by atoms with Crippen molar-refractivity contribution in [2.24, 2.45) is 0 Å². The Balaban J connectivity index is 0.841. The van der Waals surface area contributed by atoms with Gasteiger partial charge in [-0.1, -0.05) is 170 Å². The highest BCUT2D eigenvalue weighted by Gasteiger charge is 2.51. The van der Waals surface area contributed by atoms with Crippen LogP contribution in [0.4, 0.5) is 68.2 Å². The quantitative estimate of drug-likeness (QED) is 0.140. The number of para-hydroxylation sites is 9. The van der Waals surface area contributed by atoms with Gasteiger partial charge in [0.25, 0.3) is 20.1 Å².